The highest BCUT2D eigenvalue weighted by Gasteiger charge is 2.31. The van der Waals surface area contributed by atoms with E-state index in [9.17, 15) is 14.0 Å². The first-order chi connectivity index (χ1) is 9.63. The van der Waals surface area contributed by atoms with Crippen LogP contribution >= 0.6 is 0 Å². The van der Waals surface area contributed by atoms with E-state index in [1.54, 1.807) is 18.2 Å². The Morgan fingerprint density at radius 3 is 2.80 bits per heavy atom. The van der Waals surface area contributed by atoms with Crippen molar-refractivity contribution in [3.63, 3.8) is 0 Å². The van der Waals surface area contributed by atoms with E-state index < -0.39 is 5.82 Å². The maximum atomic E-state index is 13.7. The lowest BCUT2D eigenvalue weighted by atomic mass is 10.3. The van der Waals surface area contributed by atoms with E-state index in [0.29, 0.717) is 19.6 Å². The normalized spacial score (nSPS) is 14.8. The average Bonchev–Trinajstić information content (AvgIpc) is 2.79. The molecule has 1 saturated heterocycles. The van der Waals surface area contributed by atoms with E-state index in [-0.39, 0.29) is 24.2 Å². The van der Waals surface area contributed by atoms with Crippen molar-refractivity contribution in [3.8, 4) is 0 Å². The molecule has 0 bridgehead atoms. The molecule has 5 nitrogen and oxygen atoms in total. The maximum absolute atomic E-state index is 13.7. The number of hydrogen-bond donors (Lipinski definition) is 1. The highest BCUT2D eigenvalue weighted by atomic mass is 19.1. The number of nitrogens with one attached hydrogen (secondary N) is 1. The van der Waals surface area contributed by atoms with Crippen molar-refractivity contribution in [2.75, 3.05) is 31.1 Å². The lowest BCUT2D eigenvalue weighted by Crippen LogP contribution is -2.40. The Balaban J connectivity index is 1.99. The fourth-order valence-electron chi connectivity index (χ4n) is 2.12. The topological polar surface area (TPSA) is 52.7 Å². The summed E-state index contributed by atoms with van der Waals surface area (Å²) >= 11 is 0. The molecule has 0 unspecified atom stereocenters. The Morgan fingerprint density at radius 1 is 1.35 bits per heavy atom. The molecule has 20 heavy (non-hydrogen) atoms. The number of urea groups is 1. The molecule has 0 saturated carbocycles. The van der Waals surface area contributed by atoms with Crippen molar-refractivity contribution in [2.45, 2.75) is 13.3 Å². The van der Waals surface area contributed by atoms with Crippen LogP contribution in [0, 0.1) is 5.82 Å². The summed E-state index contributed by atoms with van der Waals surface area (Å²) in [6.07, 6.45) is 0.848. The summed E-state index contributed by atoms with van der Waals surface area (Å²) in [6, 6.07) is 5.81. The van der Waals surface area contributed by atoms with Gasteiger partial charge in [0.2, 0.25) is 5.91 Å². The smallest absolute Gasteiger partial charge is 0.325 e. The van der Waals surface area contributed by atoms with Crippen molar-refractivity contribution in [1.82, 2.24) is 10.2 Å². The number of halogens is 1. The number of amides is 3. The summed E-state index contributed by atoms with van der Waals surface area (Å²) in [5, 5.41) is 2.72. The molecule has 1 heterocycles. The minimum Gasteiger partial charge on any atom is -0.355 e. The van der Waals surface area contributed by atoms with Crippen molar-refractivity contribution in [2.24, 2.45) is 0 Å². The summed E-state index contributed by atoms with van der Waals surface area (Å²) in [6.45, 7) is 3.39. The molecule has 1 aliphatic heterocycles. The third-order valence-corrected chi connectivity index (χ3v) is 3.14. The zero-order chi connectivity index (χ0) is 14.5. The molecule has 1 fully saturated rings. The molecule has 0 aliphatic carbocycles. The summed E-state index contributed by atoms with van der Waals surface area (Å²) in [5.74, 6) is -0.617. The number of carbonyl (C=O) groups excluding carboxylic acids is 2. The van der Waals surface area contributed by atoms with Crippen LogP contribution in [0.15, 0.2) is 24.3 Å². The van der Waals surface area contributed by atoms with Crippen LogP contribution < -0.4 is 10.2 Å². The van der Waals surface area contributed by atoms with Crippen LogP contribution in [-0.4, -0.2) is 43.0 Å². The quantitative estimate of drug-likeness (QED) is 0.890. The van der Waals surface area contributed by atoms with Crippen LogP contribution in [-0.2, 0) is 4.79 Å². The number of rotatable bonds is 5. The van der Waals surface area contributed by atoms with Gasteiger partial charge in [-0.15, -0.1) is 0 Å². The molecule has 1 N–H and O–H groups in total. The fraction of sp³-hybridized carbons (Fsp3) is 0.429. The van der Waals surface area contributed by atoms with Gasteiger partial charge in [-0.25, -0.2) is 9.18 Å². The highest BCUT2D eigenvalue weighted by molar-refractivity contribution is 5.96. The van der Waals surface area contributed by atoms with Crippen LogP contribution in [0.2, 0.25) is 0 Å². The summed E-state index contributed by atoms with van der Waals surface area (Å²) in [4.78, 5) is 26.6. The molecular formula is C14H18FN3O2. The molecule has 1 aromatic carbocycles. The molecule has 0 aromatic heterocycles. The zero-order valence-electron chi connectivity index (χ0n) is 11.4. The van der Waals surface area contributed by atoms with Gasteiger partial charge in [0.1, 0.15) is 12.4 Å². The van der Waals surface area contributed by atoms with Gasteiger partial charge in [-0.2, -0.15) is 0 Å². The fourth-order valence-corrected chi connectivity index (χ4v) is 2.12. The van der Waals surface area contributed by atoms with Crippen LogP contribution in [0.1, 0.15) is 13.3 Å². The molecule has 3 amide bonds. The molecule has 2 rings (SSSR count). The predicted molar refractivity (Wildman–Crippen MR) is 74.0 cm³/mol. The minimum atomic E-state index is -0.432. The Kier molecular flexibility index (Phi) is 4.55. The largest absolute Gasteiger partial charge is 0.355 e. The Labute approximate surface area is 117 Å². The molecule has 0 radical (unpaired) electrons. The van der Waals surface area contributed by atoms with E-state index in [0.717, 1.165) is 6.42 Å². The first-order valence-electron chi connectivity index (χ1n) is 6.71. The number of benzene rings is 1. The second kappa shape index (κ2) is 6.36. The van der Waals surface area contributed by atoms with Crippen molar-refractivity contribution in [1.29, 1.82) is 0 Å². The number of nitrogens with zero attached hydrogens (tertiary/aromatic N) is 2. The molecule has 1 aromatic rings. The van der Waals surface area contributed by atoms with Gasteiger partial charge in [-0.3, -0.25) is 9.69 Å². The first-order valence-corrected chi connectivity index (χ1v) is 6.71. The lowest BCUT2D eigenvalue weighted by molar-refractivity contribution is -0.121. The second-order valence-electron chi connectivity index (χ2n) is 4.66. The molecule has 6 heteroatoms. The van der Waals surface area contributed by atoms with Crippen molar-refractivity contribution in [3.05, 3.63) is 30.1 Å². The van der Waals surface area contributed by atoms with Crippen molar-refractivity contribution >= 4 is 17.6 Å². The molecular weight excluding hydrogens is 261 g/mol. The van der Waals surface area contributed by atoms with Gasteiger partial charge in [-0.1, -0.05) is 19.1 Å². The number of para-hydroxylation sites is 1. The minimum absolute atomic E-state index is 0.0176. The Morgan fingerprint density at radius 2 is 2.10 bits per heavy atom. The summed E-state index contributed by atoms with van der Waals surface area (Å²) in [5.41, 5.74) is 0.258. The van der Waals surface area contributed by atoms with E-state index in [2.05, 4.69) is 5.32 Å². The SMILES string of the molecule is CCCNC(=O)CN1CCN(c2ccccc2F)C1=O. The van der Waals surface area contributed by atoms with Crippen LogP contribution in [0.4, 0.5) is 14.9 Å². The van der Waals surface area contributed by atoms with Gasteiger partial charge < -0.3 is 10.2 Å². The van der Waals surface area contributed by atoms with Gasteiger partial charge in [0, 0.05) is 19.6 Å². The van der Waals surface area contributed by atoms with Gasteiger partial charge in [-0.05, 0) is 18.6 Å². The molecule has 0 spiro atoms. The second-order valence-corrected chi connectivity index (χ2v) is 4.66. The number of anilines is 1. The Bertz CT molecular complexity index is 507. The van der Waals surface area contributed by atoms with Crippen molar-refractivity contribution < 1.29 is 14.0 Å². The highest BCUT2D eigenvalue weighted by Crippen LogP contribution is 2.22. The average molecular weight is 279 g/mol. The van der Waals surface area contributed by atoms with E-state index >= 15 is 0 Å². The molecule has 108 valence electrons. The standard InChI is InChI=1S/C14H18FN3O2/c1-2-7-16-13(19)10-17-8-9-18(14(17)20)12-6-4-3-5-11(12)15/h3-6H,2,7-10H2,1H3,(H,16,19). The van der Waals surface area contributed by atoms with Crippen LogP contribution in [0.25, 0.3) is 0 Å². The van der Waals surface area contributed by atoms with Crippen LogP contribution in [0.3, 0.4) is 0 Å². The maximum Gasteiger partial charge on any atom is 0.325 e. The first kappa shape index (κ1) is 14.3. The van der Waals surface area contributed by atoms with Gasteiger partial charge >= 0.3 is 6.03 Å². The Hall–Kier alpha value is -2.11. The van der Waals surface area contributed by atoms with Gasteiger partial charge in [0.05, 0.1) is 5.69 Å². The number of hydrogen-bond acceptors (Lipinski definition) is 2. The van der Waals surface area contributed by atoms with Gasteiger partial charge in [0.25, 0.3) is 0 Å². The lowest BCUT2D eigenvalue weighted by Gasteiger charge is -2.18. The third kappa shape index (κ3) is 3.07. The third-order valence-electron chi connectivity index (χ3n) is 3.14. The van der Waals surface area contributed by atoms with Gasteiger partial charge in [0.15, 0.2) is 0 Å². The van der Waals surface area contributed by atoms with E-state index in [1.165, 1.54) is 15.9 Å². The predicted octanol–water partition coefficient (Wildman–Crippen LogP) is 1.59. The zero-order valence-corrected chi connectivity index (χ0v) is 11.4. The monoisotopic (exact) mass is 279 g/mol. The summed E-state index contributed by atoms with van der Waals surface area (Å²) in [7, 11) is 0. The molecule has 1 aliphatic rings. The number of carbonyl (C=O) groups is 2. The van der Waals surface area contributed by atoms with Crippen LogP contribution in [0.5, 0.6) is 0 Å². The summed E-state index contributed by atoms with van der Waals surface area (Å²) < 4.78 is 13.7. The van der Waals surface area contributed by atoms with E-state index in [1.807, 2.05) is 6.92 Å². The van der Waals surface area contributed by atoms with E-state index in [4.69, 9.17) is 0 Å². The molecule has 0 atom stereocenters.